The zero-order valence-electron chi connectivity index (χ0n) is 10.5. The normalized spacial score (nSPS) is 18.5. The Hall–Kier alpha value is -1.21. The number of aromatic nitrogens is 1. The van der Waals surface area contributed by atoms with E-state index in [1.165, 1.54) is 25.5 Å². The molecule has 2 heterocycles. The Morgan fingerprint density at radius 3 is 2.89 bits per heavy atom. The summed E-state index contributed by atoms with van der Waals surface area (Å²) < 4.78 is 0. The van der Waals surface area contributed by atoms with Crippen molar-refractivity contribution < 1.29 is 4.92 Å². The molecule has 7 heteroatoms. The van der Waals surface area contributed by atoms with Crippen molar-refractivity contribution in [2.45, 2.75) is 32.2 Å². The molecule has 18 heavy (non-hydrogen) atoms. The summed E-state index contributed by atoms with van der Waals surface area (Å²) >= 11 is 1.09. The highest BCUT2D eigenvalue weighted by atomic mass is 32.1. The molecule has 6 nitrogen and oxygen atoms in total. The number of piperidine rings is 1. The third-order valence-corrected chi connectivity index (χ3v) is 4.14. The van der Waals surface area contributed by atoms with E-state index < -0.39 is 4.92 Å². The smallest absolute Gasteiger partial charge is 0.345 e. The molecule has 1 saturated heterocycles. The molecular weight excluding hydrogens is 252 g/mol. The fourth-order valence-corrected chi connectivity index (χ4v) is 2.79. The summed E-state index contributed by atoms with van der Waals surface area (Å²) in [5.41, 5.74) is 0. The van der Waals surface area contributed by atoms with Crippen molar-refractivity contribution in [2.75, 3.05) is 25.0 Å². The second kappa shape index (κ2) is 6.10. The molecule has 0 bridgehead atoms. The van der Waals surface area contributed by atoms with E-state index in [2.05, 4.69) is 22.1 Å². The Bertz CT molecular complexity index is 404. The van der Waals surface area contributed by atoms with Crippen molar-refractivity contribution in [3.63, 3.8) is 0 Å². The fraction of sp³-hybridized carbons (Fsp3) is 0.727. The van der Waals surface area contributed by atoms with E-state index in [0.29, 0.717) is 11.2 Å². The standard InChI is InChI=1S/C11H18N4O2S/c1-9(14-5-3-2-4-6-14)7-12-11-13-8-10(18-11)15(16)17/h8-9H,2-7H2,1H3,(H,12,13). The van der Waals surface area contributed by atoms with E-state index in [-0.39, 0.29) is 5.00 Å². The number of hydrogen-bond donors (Lipinski definition) is 1. The molecule has 0 saturated carbocycles. The monoisotopic (exact) mass is 270 g/mol. The Morgan fingerprint density at radius 2 is 2.28 bits per heavy atom. The predicted molar refractivity (Wildman–Crippen MR) is 72.1 cm³/mol. The molecule has 1 atom stereocenters. The Balaban J connectivity index is 1.80. The summed E-state index contributed by atoms with van der Waals surface area (Å²) in [6, 6.07) is 0.438. The fourth-order valence-electron chi connectivity index (χ4n) is 2.15. The van der Waals surface area contributed by atoms with Crippen LogP contribution in [0.3, 0.4) is 0 Å². The maximum absolute atomic E-state index is 10.5. The molecule has 0 aliphatic carbocycles. The molecular formula is C11H18N4O2S. The Labute approximate surface area is 110 Å². The van der Waals surface area contributed by atoms with Crippen molar-refractivity contribution in [1.82, 2.24) is 9.88 Å². The minimum absolute atomic E-state index is 0.0862. The van der Waals surface area contributed by atoms with E-state index in [0.717, 1.165) is 31.0 Å². The van der Waals surface area contributed by atoms with Crippen molar-refractivity contribution in [3.8, 4) is 0 Å². The maximum atomic E-state index is 10.5. The highest BCUT2D eigenvalue weighted by molar-refractivity contribution is 7.18. The SMILES string of the molecule is CC(CNc1ncc([N+](=O)[O-])s1)N1CCCCC1. The lowest BCUT2D eigenvalue weighted by molar-refractivity contribution is -0.380. The molecule has 0 amide bonds. The molecule has 0 aromatic carbocycles. The number of rotatable bonds is 5. The first-order chi connectivity index (χ1) is 8.66. The van der Waals surface area contributed by atoms with Gasteiger partial charge in [-0.15, -0.1) is 0 Å². The molecule has 2 rings (SSSR count). The molecule has 100 valence electrons. The zero-order chi connectivity index (χ0) is 13.0. The number of nitrogens with one attached hydrogen (secondary N) is 1. The number of anilines is 1. The molecule has 1 unspecified atom stereocenters. The van der Waals surface area contributed by atoms with Gasteiger partial charge in [-0.05, 0) is 44.2 Å². The first-order valence-electron chi connectivity index (χ1n) is 6.25. The minimum Gasteiger partial charge on any atom is -0.360 e. The third-order valence-electron chi connectivity index (χ3n) is 3.24. The number of thiazole rings is 1. The van der Waals surface area contributed by atoms with Crippen LogP contribution in [0.2, 0.25) is 0 Å². The lowest BCUT2D eigenvalue weighted by Gasteiger charge is -2.32. The average molecular weight is 270 g/mol. The minimum atomic E-state index is -0.406. The summed E-state index contributed by atoms with van der Waals surface area (Å²) in [4.78, 5) is 16.6. The first kappa shape index (κ1) is 13.2. The summed E-state index contributed by atoms with van der Waals surface area (Å²) in [6.45, 7) is 5.27. The van der Waals surface area contributed by atoms with Crippen LogP contribution in [0.4, 0.5) is 10.1 Å². The van der Waals surface area contributed by atoms with Crippen LogP contribution in [0, 0.1) is 10.1 Å². The van der Waals surface area contributed by atoms with Gasteiger partial charge < -0.3 is 5.32 Å². The maximum Gasteiger partial charge on any atom is 0.345 e. The van der Waals surface area contributed by atoms with Crippen LogP contribution in [0.5, 0.6) is 0 Å². The molecule has 1 aromatic heterocycles. The lowest BCUT2D eigenvalue weighted by Crippen LogP contribution is -2.41. The van der Waals surface area contributed by atoms with Crippen LogP contribution in [-0.2, 0) is 0 Å². The van der Waals surface area contributed by atoms with Gasteiger partial charge in [-0.3, -0.25) is 15.0 Å². The average Bonchev–Trinajstić information content (AvgIpc) is 2.86. The van der Waals surface area contributed by atoms with Crippen LogP contribution < -0.4 is 5.32 Å². The van der Waals surface area contributed by atoms with Crippen molar-refractivity contribution in [1.29, 1.82) is 0 Å². The van der Waals surface area contributed by atoms with Crippen LogP contribution in [0.25, 0.3) is 0 Å². The van der Waals surface area contributed by atoms with Gasteiger partial charge in [0.1, 0.15) is 6.20 Å². The van der Waals surface area contributed by atoms with Gasteiger partial charge in [0, 0.05) is 12.6 Å². The number of nitro groups is 1. The van der Waals surface area contributed by atoms with Gasteiger partial charge in [-0.25, -0.2) is 4.98 Å². The van der Waals surface area contributed by atoms with Gasteiger partial charge >= 0.3 is 5.00 Å². The largest absolute Gasteiger partial charge is 0.360 e. The van der Waals surface area contributed by atoms with Crippen molar-refractivity contribution in [3.05, 3.63) is 16.3 Å². The molecule has 1 aliphatic rings. The van der Waals surface area contributed by atoms with Crippen molar-refractivity contribution >= 4 is 21.5 Å². The zero-order valence-corrected chi connectivity index (χ0v) is 11.3. The molecule has 1 fully saturated rings. The van der Waals surface area contributed by atoms with E-state index in [9.17, 15) is 10.1 Å². The van der Waals surface area contributed by atoms with Gasteiger partial charge in [0.2, 0.25) is 0 Å². The number of nitrogens with zero attached hydrogens (tertiary/aromatic N) is 3. The van der Waals surface area contributed by atoms with Crippen LogP contribution in [0.15, 0.2) is 6.20 Å². The summed E-state index contributed by atoms with van der Waals surface area (Å²) in [5.74, 6) is 0. The van der Waals surface area contributed by atoms with Crippen LogP contribution >= 0.6 is 11.3 Å². The van der Waals surface area contributed by atoms with E-state index in [4.69, 9.17) is 0 Å². The summed E-state index contributed by atoms with van der Waals surface area (Å²) in [6.07, 6.45) is 5.17. The second-order valence-electron chi connectivity index (χ2n) is 4.59. The van der Waals surface area contributed by atoms with E-state index in [1.807, 2.05) is 0 Å². The van der Waals surface area contributed by atoms with Gasteiger partial charge in [0.15, 0.2) is 5.13 Å². The Morgan fingerprint density at radius 1 is 1.56 bits per heavy atom. The summed E-state index contributed by atoms with van der Waals surface area (Å²) in [7, 11) is 0. The third kappa shape index (κ3) is 3.39. The van der Waals surface area contributed by atoms with Gasteiger partial charge in [-0.2, -0.15) is 0 Å². The lowest BCUT2D eigenvalue weighted by atomic mass is 10.1. The van der Waals surface area contributed by atoms with E-state index >= 15 is 0 Å². The Kier molecular flexibility index (Phi) is 4.48. The van der Waals surface area contributed by atoms with Gasteiger partial charge in [-0.1, -0.05) is 6.42 Å². The molecule has 0 radical (unpaired) electrons. The van der Waals surface area contributed by atoms with Gasteiger partial charge in [0.25, 0.3) is 0 Å². The molecule has 1 N–H and O–H groups in total. The van der Waals surface area contributed by atoms with Crippen LogP contribution in [-0.4, -0.2) is 40.5 Å². The number of likely N-dealkylation sites (tertiary alicyclic amines) is 1. The van der Waals surface area contributed by atoms with Gasteiger partial charge in [0.05, 0.1) is 4.92 Å². The summed E-state index contributed by atoms with van der Waals surface area (Å²) in [5, 5.41) is 14.4. The predicted octanol–water partition coefficient (Wildman–Crippen LogP) is 2.34. The molecule has 1 aromatic rings. The second-order valence-corrected chi connectivity index (χ2v) is 5.60. The topological polar surface area (TPSA) is 71.3 Å². The highest BCUT2D eigenvalue weighted by Crippen LogP contribution is 2.25. The number of hydrogen-bond acceptors (Lipinski definition) is 6. The quantitative estimate of drug-likeness (QED) is 0.657. The van der Waals surface area contributed by atoms with E-state index in [1.54, 1.807) is 0 Å². The highest BCUT2D eigenvalue weighted by Gasteiger charge is 2.17. The molecule has 0 spiro atoms. The van der Waals surface area contributed by atoms with Crippen molar-refractivity contribution in [2.24, 2.45) is 0 Å². The van der Waals surface area contributed by atoms with Crippen LogP contribution in [0.1, 0.15) is 26.2 Å². The first-order valence-corrected chi connectivity index (χ1v) is 7.06. The molecule has 1 aliphatic heterocycles.